The van der Waals surface area contributed by atoms with Gasteiger partial charge in [0, 0.05) is 50.4 Å². The molecule has 5 nitrogen and oxygen atoms in total. The summed E-state index contributed by atoms with van der Waals surface area (Å²) in [7, 11) is 2.04. The van der Waals surface area contributed by atoms with Crippen LogP contribution in [0.2, 0.25) is 0 Å². The van der Waals surface area contributed by atoms with Gasteiger partial charge in [0.2, 0.25) is 0 Å². The Labute approximate surface area is 225 Å². The number of hydrogen-bond acceptors (Lipinski definition) is 5. The molecule has 0 N–H and O–H groups in total. The predicted molar refractivity (Wildman–Crippen MR) is 136 cm³/mol. The first-order valence-electron chi connectivity index (χ1n) is 11.7. The summed E-state index contributed by atoms with van der Waals surface area (Å²) in [6.45, 7) is 2.05. The second-order valence-corrected chi connectivity index (χ2v) is 8.95. The van der Waals surface area contributed by atoms with E-state index in [1.54, 1.807) is 0 Å². The summed E-state index contributed by atoms with van der Waals surface area (Å²) in [5.41, 5.74) is 6.56. The number of ether oxygens (including phenoxy) is 2. The number of anilines is 3. The van der Waals surface area contributed by atoms with Gasteiger partial charge in [-0.25, -0.2) is 0 Å². The number of hydrogen-bond donors (Lipinski definition) is 0. The molecule has 0 amide bonds. The van der Waals surface area contributed by atoms with Crippen LogP contribution in [0.4, 0.5) is 17.1 Å². The van der Waals surface area contributed by atoms with Gasteiger partial charge in [-0.05, 0) is 30.3 Å². The Morgan fingerprint density at radius 2 is 1.64 bits per heavy atom. The molecular weight excluding hydrogens is 629 g/mol. The molecule has 0 fully saturated rings. The first kappa shape index (κ1) is 22.9. The third-order valence-electron chi connectivity index (χ3n) is 6.71. The van der Waals surface area contributed by atoms with Gasteiger partial charge in [-0.2, -0.15) is 12.7 Å². The van der Waals surface area contributed by atoms with Gasteiger partial charge in [0.25, 0.3) is 0 Å². The minimum atomic E-state index is 0. The average Bonchev–Trinajstić information content (AvgIpc) is 3.56. The predicted octanol–water partition coefficient (Wildman–Crippen LogP) is 6.23. The smallest absolute Gasteiger partial charge is 0.131 e. The number of para-hydroxylation sites is 2. The SMILES string of the molecule is CN1[CH-]N(c2[c-]c(Oc3[c-]c(C4=N[C@H]5c6ccccc6C[C@H]5O4)ccc3)ccc2)c2ccccc21.[Pt]. The monoisotopic (exact) mass is 651 g/mol. The minimum absolute atomic E-state index is 0. The summed E-state index contributed by atoms with van der Waals surface area (Å²) in [4.78, 5) is 9.10. The molecule has 6 heteroatoms. The molecule has 0 aromatic heterocycles. The second-order valence-electron chi connectivity index (χ2n) is 8.95. The summed E-state index contributed by atoms with van der Waals surface area (Å²) < 4.78 is 12.4. The molecule has 7 rings (SSSR count). The van der Waals surface area contributed by atoms with Crippen molar-refractivity contribution in [1.29, 1.82) is 0 Å². The van der Waals surface area contributed by atoms with E-state index >= 15 is 0 Å². The number of benzene rings is 4. The Hall–Kier alpha value is -3.56. The maximum atomic E-state index is 6.23. The van der Waals surface area contributed by atoms with E-state index in [4.69, 9.17) is 14.5 Å². The van der Waals surface area contributed by atoms with E-state index in [1.807, 2.05) is 55.6 Å². The average molecular weight is 652 g/mol. The molecule has 0 bridgehead atoms. The van der Waals surface area contributed by atoms with E-state index in [9.17, 15) is 0 Å². The Morgan fingerprint density at radius 3 is 2.53 bits per heavy atom. The maximum Gasteiger partial charge on any atom is 0.131 e. The van der Waals surface area contributed by atoms with Crippen LogP contribution in [0.25, 0.3) is 0 Å². The molecule has 36 heavy (non-hydrogen) atoms. The molecule has 2 atom stereocenters. The molecule has 4 aromatic carbocycles. The summed E-state index contributed by atoms with van der Waals surface area (Å²) in [6.07, 6.45) is 0.945. The molecular formula is C30H22N3O2Pt-3. The van der Waals surface area contributed by atoms with Gasteiger partial charge in [-0.15, -0.1) is 42.1 Å². The molecule has 0 saturated carbocycles. The topological polar surface area (TPSA) is 37.3 Å². The largest absolute Gasteiger partial charge is 0.514 e. The molecule has 0 radical (unpaired) electrons. The summed E-state index contributed by atoms with van der Waals surface area (Å²) >= 11 is 0. The van der Waals surface area contributed by atoms with Crippen molar-refractivity contribution in [3.63, 3.8) is 0 Å². The second kappa shape index (κ2) is 9.14. The van der Waals surface area contributed by atoms with Crippen LogP contribution in [0, 0.1) is 18.8 Å². The standard InChI is InChI=1S/C30H22N3O2.Pt/c1-32-19-33(27-15-5-4-14-26(27)32)22-10-7-12-24(18-22)34-23-11-6-9-21(16-23)30-31-29-25-13-3-2-8-20(25)17-28(29)35-30;/h2-15,19,28-29H,17H2,1H3;/q-3;/t28-,29+;/m1./s1. The molecule has 182 valence electrons. The summed E-state index contributed by atoms with van der Waals surface area (Å²) in [5, 5.41) is 0. The fourth-order valence-electron chi connectivity index (χ4n) is 5.07. The number of aliphatic imine (C=N–C) groups is 1. The van der Waals surface area contributed by atoms with Crippen LogP contribution in [0.15, 0.2) is 89.9 Å². The van der Waals surface area contributed by atoms with Crippen molar-refractivity contribution in [1.82, 2.24) is 0 Å². The van der Waals surface area contributed by atoms with Crippen molar-refractivity contribution in [2.24, 2.45) is 4.99 Å². The van der Waals surface area contributed by atoms with Crippen molar-refractivity contribution in [2.45, 2.75) is 18.6 Å². The van der Waals surface area contributed by atoms with Crippen molar-refractivity contribution in [2.75, 3.05) is 16.8 Å². The number of fused-ring (bicyclic) bond motifs is 4. The van der Waals surface area contributed by atoms with Gasteiger partial charge < -0.3 is 19.3 Å². The molecule has 1 aliphatic carbocycles. The Balaban J connectivity index is 0.00000240. The summed E-state index contributed by atoms with van der Waals surface area (Å²) in [5.74, 6) is 1.85. The summed E-state index contributed by atoms with van der Waals surface area (Å²) in [6, 6.07) is 35.2. The van der Waals surface area contributed by atoms with Crippen molar-refractivity contribution >= 4 is 23.0 Å². The quantitative estimate of drug-likeness (QED) is 0.246. The fraction of sp³-hybridized carbons (Fsp3) is 0.133. The normalized spacial score (nSPS) is 19.1. The van der Waals surface area contributed by atoms with Gasteiger partial charge in [0.05, 0.1) is 0 Å². The van der Waals surface area contributed by atoms with Gasteiger partial charge in [0.15, 0.2) is 0 Å². The van der Waals surface area contributed by atoms with Gasteiger partial charge in [-0.3, -0.25) is 4.99 Å². The van der Waals surface area contributed by atoms with Crippen LogP contribution < -0.4 is 14.5 Å². The third-order valence-corrected chi connectivity index (χ3v) is 6.71. The van der Waals surface area contributed by atoms with E-state index in [0.717, 1.165) is 29.0 Å². The molecule has 2 aliphatic heterocycles. The molecule has 0 unspecified atom stereocenters. The molecule has 3 aliphatic rings. The third kappa shape index (κ3) is 3.88. The van der Waals surface area contributed by atoms with Crippen LogP contribution in [0.3, 0.4) is 0 Å². The van der Waals surface area contributed by atoms with E-state index in [-0.39, 0.29) is 33.2 Å². The van der Waals surface area contributed by atoms with E-state index in [0.29, 0.717) is 17.4 Å². The number of rotatable bonds is 4. The minimum Gasteiger partial charge on any atom is -0.514 e. The molecule has 0 spiro atoms. The zero-order valence-corrected chi connectivity index (χ0v) is 21.8. The first-order valence-corrected chi connectivity index (χ1v) is 11.7. The van der Waals surface area contributed by atoms with Crippen LogP contribution in [-0.4, -0.2) is 19.0 Å². The van der Waals surface area contributed by atoms with Gasteiger partial charge in [-0.1, -0.05) is 48.0 Å². The van der Waals surface area contributed by atoms with E-state index in [1.165, 1.54) is 11.1 Å². The maximum absolute atomic E-state index is 6.23. The molecule has 2 heterocycles. The Kier molecular flexibility index (Phi) is 5.81. The van der Waals surface area contributed by atoms with Crippen LogP contribution in [0.1, 0.15) is 22.7 Å². The van der Waals surface area contributed by atoms with E-state index < -0.39 is 0 Å². The Bertz CT molecular complexity index is 1470. The van der Waals surface area contributed by atoms with Crippen LogP contribution in [0.5, 0.6) is 11.5 Å². The number of nitrogens with zero attached hydrogens (tertiary/aromatic N) is 3. The van der Waals surface area contributed by atoms with Crippen LogP contribution >= 0.6 is 0 Å². The van der Waals surface area contributed by atoms with Gasteiger partial charge in [0.1, 0.15) is 18.0 Å². The Morgan fingerprint density at radius 1 is 0.889 bits per heavy atom. The fourth-order valence-corrected chi connectivity index (χ4v) is 5.07. The van der Waals surface area contributed by atoms with Crippen LogP contribution in [-0.2, 0) is 32.2 Å². The molecule has 0 saturated heterocycles. The van der Waals surface area contributed by atoms with Gasteiger partial charge >= 0.3 is 0 Å². The first-order chi connectivity index (χ1) is 17.2. The zero-order valence-electron chi connectivity index (χ0n) is 19.5. The van der Waals surface area contributed by atoms with E-state index in [2.05, 4.69) is 65.0 Å². The zero-order chi connectivity index (χ0) is 23.4. The van der Waals surface area contributed by atoms with Crippen molar-refractivity contribution in [3.8, 4) is 11.5 Å². The molecule has 4 aromatic rings. The van der Waals surface area contributed by atoms with Crippen molar-refractivity contribution < 1.29 is 30.5 Å². The van der Waals surface area contributed by atoms with Crippen molar-refractivity contribution in [3.05, 3.63) is 120 Å².